The predicted molar refractivity (Wildman–Crippen MR) is 84.1 cm³/mol. The van der Waals surface area contributed by atoms with E-state index in [0.29, 0.717) is 25.2 Å². The van der Waals surface area contributed by atoms with E-state index < -0.39 is 11.5 Å². The van der Waals surface area contributed by atoms with Gasteiger partial charge < -0.3 is 10.4 Å². The Morgan fingerprint density at radius 1 is 1.10 bits per heavy atom. The smallest absolute Gasteiger partial charge is 0.329 e. The van der Waals surface area contributed by atoms with Crippen LogP contribution in [0.3, 0.4) is 0 Å². The Bertz CT molecular complexity index is 333. The molecule has 2 N–H and O–H groups in total. The van der Waals surface area contributed by atoms with Gasteiger partial charge in [0.05, 0.1) is 0 Å². The molecule has 0 atom stereocenters. The van der Waals surface area contributed by atoms with Crippen LogP contribution < -0.4 is 5.32 Å². The largest absolute Gasteiger partial charge is 0.480 e. The molecule has 0 bridgehead atoms. The lowest BCUT2D eigenvalue weighted by Crippen LogP contribution is -2.56. The third kappa shape index (κ3) is 6.06. The third-order valence-corrected chi connectivity index (χ3v) is 4.67. The Morgan fingerprint density at radius 2 is 1.67 bits per heavy atom. The van der Waals surface area contributed by atoms with Gasteiger partial charge in [-0.3, -0.25) is 4.79 Å². The van der Waals surface area contributed by atoms with Crippen LogP contribution in [0.25, 0.3) is 0 Å². The summed E-state index contributed by atoms with van der Waals surface area (Å²) in [5.74, 6) is -0.402. The van der Waals surface area contributed by atoms with Gasteiger partial charge >= 0.3 is 5.97 Å². The van der Waals surface area contributed by atoms with Gasteiger partial charge in [0, 0.05) is 6.42 Å². The molecule has 0 saturated heterocycles. The fourth-order valence-corrected chi connectivity index (χ4v) is 3.04. The number of carboxylic acids is 1. The highest BCUT2D eigenvalue weighted by molar-refractivity contribution is 5.87. The zero-order valence-corrected chi connectivity index (χ0v) is 13.6. The van der Waals surface area contributed by atoms with Crippen LogP contribution in [0.2, 0.25) is 0 Å². The number of carboxylic acid groups (broad SMARTS) is 1. The fourth-order valence-electron chi connectivity index (χ4n) is 3.04. The van der Waals surface area contributed by atoms with Gasteiger partial charge in [0.1, 0.15) is 5.54 Å². The second-order valence-corrected chi connectivity index (χ2v) is 6.64. The summed E-state index contributed by atoms with van der Waals surface area (Å²) in [7, 11) is 0. The first-order chi connectivity index (χ1) is 10.00. The first-order valence-corrected chi connectivity index (χ1v) is 8.54. The second-order valence-electron chi connectivity index (χ2n) is 6.64. The van der Waals surface area contributed by atoms with Gasteiger partial charge in [0.25, 0.3) is 0 Å². The van der Waals surface area contributed by atoms with Gasteiger partial charge in [-0.25, -0.2) is 4.79 Å². The standard InChI is InChI=1S/C17H31NO3/c1-3-4-5-6-7-8-9-15(19)18-17(16(20)21)12-10-14(2)11-13-17/h14H,3-13H2,1-2H3,(H,18,19)(H,20,21). The zero-order chi connectivity index (χ0) is 15.7. The quantitative estimate of drug-likeness (QED) is 0.635. The summed E-state index contributed by atoms with van der Waals surface area (Å²) in [5, 5.41) is 12.3. The van der Waals surface area contributed by atoms with E-state index in [1.165, 1.54) is 25.7 Å². The average Bonchev–Trinajstić information content (AvgIpc) is 2.45. The Hall–Kier alpha value is -1.06. The molecule has 1 rings (SSSR count). The molecule has 4 nitrogen and oxygen atoms in total. The first kappa shape index (κ1) is 18.0. The topological polar surface area (TPSA) is 66.4 Å². The van der Waals surface area contributed by atoms with E-state index in [4.69, 9.17) is 0 Å². The summed E-state index contributed by atoms with van der Waals surface area (Å²) in [6.45, 7) is 4.33. The number of rotatable bonds is 9. The van der Waals surface area contributed by atoms with Crippen molar-refractivity contribution in [1.29, 1.82) is 0 Å². The Morgan fingerprint density at radius 3 is 2.24 bits per heavy atom. The van der Waals surface area contributed by atoms with Gasteiger partial charge in [0.2, 0.25) is 5.91 Å². The molecule has 0 aromatic carbocycles. The SMILES string of the molecule is CCCCCCCCC(=O)NC1(C(=O)O)CCC(C)CC1. The molecular formula is C17H31NO3. The molecule has 1 saturated carbocycles. The number of carbonyl (C=O) groups is 2. The number of aliphatic carboxylic acids is 1. The number of hydrogen-bond donors (Lipinski definition) is 2. The van der Waals surface area contributed by atoms with Crippen LogP contribution in [-0.4, -0.2) is 22.5 Å². The van der Waals surface area contributed by atoms with E-state index in [1.54, 1.807) is 0 Å². The van der Waals surface area contributed by atoms with Crippen LogP contribution in [0.1, 0.15) is 84.5 Å². The van der Waals surface area contributed by atoms with Crippen molar-refractivity contribution in [3.8, 4) is 0 Å². The average molecular weight is 297 g/mol. The van der Waals surface area contributed by atoms with Crippen LogP contribution in [0.5, 0.6) is 0 Å². The summed E-state index contributed by atoms with van der Waals surface area (Å²) in [5.41, 5.74) is -1.01. The molecule has 1 aliphatic rings. The molecule has 4 heteroatoms. The third-order valence-electron chi connectivity index (χ3n) is 4.67. The maximum atomic E-state index is 12.0. The molecule has 21 heavy (non-hydrogen) atoms. The van der Waals surface area contributed by atoms with Crippen molar-refractivity contribution in [3.05, 3.63) is 0 Å². The molecule has 0 aromatic rings. The molecular weight excluding hydrogens is 266 g/mol. The maximum Gasteiger partial charge on any atom is 0.329 e. The minimum atomic E-state index is -1.01. The van der Waals surface area contributed by atoms with Gasteiger partial charge in [0.15, 0.2) is 0 Å². The minimum Gasteiger partial charge on any atom is -0.480 e. The Kier molecular flexibility index (Phi) is 7.76. The van der Waals surface area contributed by atoms with Crippen LogP contribution in [0, 0.1) is 5.92 Å². The van der Waals surface area contributed by atoms with Crippen molar-refractivity contribution in [3.63, 3.8) is 0 Å². The summed E-state index contributed by atoms with van der Waals surface area (Å²) in [6, 6.07) is 0. The van der Waals surface area contributed by atoms with Crippen LogP contribution in [0.15, 0.2) is 0 Å². The van der Waals surface area contributed by atoms with Gasteiger partial charge in [-0.2, -0.15) is 0 Å². The van der Waals surface area contributed by atoms with Gasteiger partial charge in [-0.15, -0.1) is 0 Å². The van der Waals surface area contributed by atoms with E-state index in [0.717, 1.165) is 25.7 Å². The maximum absolute atomic E-state index is 12.0. The molecule has 0 radical (unpaired) electrons. The first-order valence-electron chi connectivity index (χ1n) is 8.54. The molecule has 0 heterocycles. The summed E-state index contributed by atoms with van der Waals surface area (Å²) >= 11 is 0. The summed E-state index contributed by atoms with van der Waals surface area (Å²) in [4.78, 5) is 23.6. The molecule has 122 valence electrons. The van der Waals surface area contributed by atoms with Crippen molar-refractivity contribution < 1.29 is 14.7 Å². The second kappa shape index (κ2) is 9.06. The molecule has 0 unspecified atom stereocenters. The van der Waals surface area contributed by atoms with Gasteiger partial charge in [-0.05, 0) is 38.0 Å². The van der Waals surface area contributed by atoms with E-state index >= 15 is 0 Å². The normalized spacial score (nSPS) is 25.5. The van der Waals surface area contributed by atoms with Crippen molar-refractivity contribution in [2.75, 3.05) is 0 Å². The summed E-state index contributed by atoms with van der Waals surface area (Å²) in [6.07, 6.45) is 10.1. The molecule has 0 aromatic heterocycles. The number of nitrogens with one attached hydrogen (secondary N) is 1. The highest BCUT2D eigenvalue weighted by Crippen LogP contribution is 2.32. The zero-order valence-electron chi connectivity index (χ0n) is 13.6. The minimum absolute atomic E-state index is 0.0950. The lowest BCUT2D eigenvalue weighted by molar-refractivity contribution is -0.149. The monoisotopic (exact) mass is 297 g/mol. The van der Waals surface area contributed by atoms with Crippen molar-refractivity contribution in [1.82, 2.24) is 5.32 Å². The number of amides is 1. The Balaban J connectivity index is 2.31. The predicted octanol–water partition coefficient (Wildman–Crippen LogP) is 3.89. The van der Waals surface area contributed by atoms with Crippen molar-refractivity contribution >= 4 is 11.9 Å². The van der Waals surface area contributed by atoms with Crippen molar-refractivity contribution in [2.45, 2.75) is 90.0 Å². The number of hydrogen-bond acceptors (Lipinski definition) is 2. The fraction of sp³-hybridized carbons (Fsp3) is 0.882. The van der Waals surface area contributed by atoms with E-state index in [2.05, 4.69) is 19.2 Å². The molecule has 0 aliphatic heterocycles. The van der Waals surface area contributed by atoms with E-state index in [1.807, 2.05) is 0 Å². The van der Waals surface area contributed by atoms with Crippen LogP contribution in [-0.2, 0) is 9.59 Å². The molecule has 0 spiro atoms. The Labute approximate surface area is 128 Å². The molecule has 1 amide bonds. The number of carbonyl (C=O) groups excluding carboxylic acids is 1. The van der Waals surface area contributed by atoms with E-state index in [9.17, 15) is 14.7 Å². The lowest BCUT2D eigenvalue weighted by atomic mass is 9.77. The molecule has 1 aliphatic carbocycles. The number of unbranched alkanes of at least 4 members (excludes halogenated alkanes) is 5. The highest BCUT2D eigenvalue weighted by Gasteiger charge is 2.42. The van der Waals surface area contributed by atoms with Crippen LogP contribution in [0.4, 0.5) is 0 Å². The highest BCUT2D eigenvalue weighted by atomic mass is 16.4. The van der Waals surface area contributed by atoms with Crippen LogP contribution >= 0.6 is 0 Å². The van der Waals surface area contributed by atoms with E-state index in [-0.39, 0.29) is 5.91 Å². The van der Waals surface area contributed by atoms with Crippen molar-refractivity contribution in [2.24, 2.45) is 5.92 Å². The molecule has 1 fully saturated rings. The lowest BCUT2D eigenvalue weighted by Gasteiger charge is -2.36. The van der Waals surface area contributed by atoms with Gasteiger partial charge in [-0.1, -0.05) is 46.0 Å². The summed E-state index contributed by atoms with van der Waals surface area (Å²) < 4.78 is 0.